The van der Waals surface area contributed by atoms with Gasteiger partial charge in [0.25, 0.3) is 5.91 Å². The Kier molecular flexibility index (Phi) is 5.28. The van der Waals surface area contributed by atoms with Crippen LogP contribution in [0.2, 0.25) is 0 Å². The second-order valence-electron chi connectivity index (χ2n) is 4.82. The van der Waals surface area contributed by atoms with Crippen LogP contribution in [0.4, 0.5) is 0 Å². The van der Waals surface area contributed by atoms with E-state index in [9.17, 15) is 9.90 Å². The zero-order chi connectivity index (χ0) is 13.8. The SMILES string of the molecule is CCc1ncc(C(=O)NCC(C)(O)C(C)CC)s1. The molecular weight excluding hydrogens is 248 g/mol. The van der Waals surface area contributed by atoms with Gasteiger partial charge in [-0.3, -0.25) is 4.79 Å². The van der Waals surface area contributed by atoms with Crippen molar-refractivity contribution in [2.75, 3.05) is 6.54 Å². The van der Waals surface area contributed by atoms with E-state index in [-0.39, 0.29) is 18.4 Å². The molecule has 1 aromatic rings. The lowest BCUT2D eigenvalue weighted by atomic mass is 9.89. The van der Waals surface area contributed by atoms with Gasteiger partial charge in [0.05, 0.1) is 16.8 Å². The van der Waals surface area contributed by atoms with E-state index in [1.807, 2.05) is 20.8 Å². The number of hydrogen-bond acceptors (Lipinski definition) is 4. The van der Waals surface area contributed by atoms with E-state index in [0.29, 0.717) is 4.88 Å². The van der Waals surface area contributed by atoms with E-state index in [0.717, 1.165) is 17.8 Å². The molecule has 0 aromatic carbocycles. The molecule has 0 aliphatic rings. The van der Waals surface area contributed by atoms with Gasteiger partial charge in [0.2, 0.25) is 0 Å². The molecule has 102 valence electrons. The number of nitrogens with one attached hydrogen (secondary N) is 1. The van der Waals surface area contributed by atoms with Gasteiger partial charge in [0.15, 0.2) is 0 Å². The Labute approximate surface area is 112 Å². The lowest BCUT2D eigenvalue weighted by Crippen LogP contribution is -2.44. The van der Waals surface area contributed by atoms with Crippen LogP contribution in [-0.4, -0.2) is 28.1 Å². The number of hydrogen-bond donors (Lipinski definition) is 2. The van der Waals surface area contributed by atoms with Crippen molar-refractivity contribution in [1.29, 1.82) is 0 Å². The van der Waals surface area contributed by atoms with Gasteiger partial charge in [-0.15, -0.1) is 11.3 Å². The lowest BCUT2D eigenvalue weighted by Gasteiger charge is -2.29. The molecular formula is C13H22N2O2S. The third-order valence-corrected chi connectivity index (χ3v) is 4.50. The average Bonchev–Trinajstić information content (AvgIpc) is 2.83. The van der Waals surface area contributed by atoms with Crippen LogP contribution in [0.1, 0.15) is 48.8 Å². The van der Waals surface area contributed by atoms with Crippen LogP contribution in [0.5, 0.6) is 0 Å². The largest absolute Gasteiger partial charge is 0.388 e. The minimum Gasteiger partial charge on any atom is -0.388 e. The summed E-state index contributed by atoms with van der Waals surface area (Å²) in [5.74, 6) is -0.0127. The summed E-state index contributed by atoms with van der Waals surface area (Å²) in [6.45, 7) is 8.03. The molecule has 0 radical (unpaired) electrons. The molecule has 2 N–H and O–H groups in total. The number of carbonyl (C=O) groups excluding carboxylic acids is 1. The Morgan fingerprint density at radius 1 is 1.61 bits per heavy atom. The van der Waals surface area contributed by atoms with Gasteiger partial charge in [0, 0.05) is 6.54 Å². The summed E-state index contributed by atoms with van der Waals surface area (Å²) in [4.78, 5) is 16.6. The number of aromatic nitrogens is 1. The Bertz CT molecular complexity index is 401. The fourth-order valence-electron chi connectivity index (χ4n) is 1.54. The second kappa shape index (κ2) is 6.29. The van der Waals surface area contributed by atoms with E-state index in [1.165, 1.54) is 11.3 Å². The smallest absolute Gasteiger partial charge is 0.263 e. The Morgan fingerprint density at radius 2 is 2.28 bits per heavy atom. The Balaban J connectivity index is 2.55. The Hall–Kier alpha value is -0.940. The molecule has 0 fully saturated rings. The number of nitrogens with zero attached hydrogens (tertiary/aromatic N) is 1. The number of rotatable bonds is 6. The van der Waals surface area contributed by atoms with E-state index in [1.54, 1.807) is 13.1 Å². The third kappa shape index (κ3) is 3.78. The van der Waals surface area contributed by atoms with Crippen molar-refractivity contribution < 1.29 is 9.90 Å². The van der Waals surface area contributed by atoms with Crippen LogP contribution in [-0.2, 0) is 6.42 Å². The third-order valence-electron chi connectivity index (χ3n) is 3.36. The first kappa shape index (κ1) is 15.1. The van der Waals surface area contributed by atoms with Crippen molar-refractivity contribution in [1.82, 2.24) is 10.3 Å². The van der Waals surface area contributed by atoms with Crippen molar-refractivity contribution in [3.8, 4) is 0 Å². The highest BCUT2D eigenvalue weighted by molar-refractivity contribution is 7.13. The molecule has 1 aromatic heterocycles. The molecule has 0 aliphatic heterocycles. The van der Waals surface area contributed by atoms with Crippen molar-refractivity contribution in [2.45, 2.75) is 46.1 Å². The Morgan fingerprint density at radius 3 is 2.78 bits per heavy atom. The second-order valence-corrected chi connectivity index (χ2v) is 5.94. The maximum absolute atomic E-state index is 11.9. The van der Waals surface area contributed by atoms with Crippen LogP contribution in [0, 0.1) is 5.92 Å². The highest BCUT2D eigenvalue weighted by Crippen LogP contribution is 2.19. The van der Waals surface area contributed by atoms with Crippen LogP contribution < -0.4 is 5.32 Å². The van der Waals surface area contributed by atoms with Gasteiger partial charge in [-0.2, -0.15) is 0 Å². The molecule has 5 heteroatoms. The molecule has 0 bridgehead atoms. The molecule has 1 heterocycles. The van der Waals surface area contributed by atoms with Gasteiger partial charge in [-0.1, -0.05) is 27.2 Å². The molecule has 0 saturated carbocycles. The summed E-state index contributed by atoms with van der Waals surface area (Å²) in [6, 6.07) is 0. The van der Waals surface area contributed by atoms with E-state index in [4.69, 9.17) is 0 Å². The topological polar surface area (TPSA) is 62.2 Å². The summed E-state index contributed by atoms with van der Waals surface area (Å²) in [6.07, 6.45) is 3.31. The maximum Gasteiger partial charge on any atom is 0.263 e. The zero-order valence-corrected chi connectivity index (χ0v) is 12.3. The van der Waals surface area contributed by atoms with Crippen molar-refractivity contribution in [3.63, 3.8) is 0 Å². The van der Waals surface area contributed by atoms with Gasteiger partial charge in [-0.05, 0) is 19.3 Å². The molecule has 4 nitrogen and oxygen atoms in total. The summed E-state index contributed by atoms with van der Waals surface area (Å²) in [5, 5.41) is 13.9. The summed E-state index contributed by atoms with van der Waals surface area (Å²) >= 11 is 1.40. The van der Waals surface area contributed by atoms with Crippen LogP contribution in [0.3, 0.4) is 0 Å². The number of aryl methyl sites for hydroxylation is 1. The highest BCUT2D eigenvalue weighted by Gasteiger charge is 2.27. The first-order valence-corrected chi connectivity index (χ1v) is 7.17. The van der Waals surface area contributed by atoms with Gasteiger partial charge < -0.3 is 10.4 Å². The molecule has 0 spiro atoms. The van der Waals surface area contributed by atoms with Crippen molar-refractivity contribution in [3.05, 3.63) is 16.1 Å². The van der Waals surface area contributed by atoms with Gasteiger partial charge in [0.1, 0.15) is 4.88 Å². The van der Waals surface area contributed by atoms with Crippen LogP contribution in [0.25, 0.3) is 0 Å². The van der Waals surface area contributed by atoms with Gasteiger partial charge >= 0.3 is 0 Å². The zero-order valence-electron chi connectivity index (χ0n) is 11.5. The lowest BCUT2D eigenvalue weighted by molar-refractivity contribution is 0.00596. The van der Waals surface area contributed by atoms with Crippen molar-refractivity contribution in [2.24, 2.45) is 5.92 Å². The normalized spacial score (nSPS) is 16.1. The van der Waals surface area contributed by atoms with Gasteiger partial charge in [-0.25, -0.2) is 4.98 Å². The summed E-state index contributed by atoms with van der Waals surface area (Å²) in [5.41, 5.74) is -0.872. The summed E-state index contributed by atoms with van der Waals surface area (Å²) < 4.78 is 0. The minimum absolute atomic E-state index is 0.144. The maximum atomic E-state index is 11.9. The standard InChI is InChI=1S/C13H22N2O2S/c1-5-9(3)13(4,17)8-15-12(16)10-7-14-11(6-2)18-10/h7,9,17H,5-6,8H2,1-4H3,(H,15,16). The average molecular weight is 270 g/mol. The monoisotopic (exact) mass is 270 g/mol. The molecule has 2 atom stereocenters. The van der Waals surface area contributed by atoms with E-state index >= 15 is 0 Å². The summed E-state index contributed by atoms with van der Waals surface area (Å²) in [7, 11) is 0. The predicted molar refractivity (Wildman–Crippen MR) is 73.9 cm³/mol. The minimum atomic E-state index is -0.872. The molecule has 0 saturated heterocycles. The number of thiazole rings is 1. The number of aliphatic hydroxyl groups is 1. The number of amides is 1. The van der Waals surface area contributed by atoms with E-state index in [2.05, 4.69) is 10.3 Å². The fourth-order valence-corrected chi connectivity index (χ4v) is 2.31. The molecule has 18 heavy (non-hydrogen) atoms. The predicted octanol–water partition coefficient (Wildman–Crippen LogP) is 2.23. The molecule has 1 rings (SSSR count). The fraction of sp³-hybridized carbons (Fsp3) is 0.692. The first-order valence-electron chi connectivity index (χ1n) is 6.36. The van der Waals surface area contributed by atoms with Crippen LogP contribution in [0.15, 0.2) is 6.20 Å². The van der Waals surface area contributed by atoms with Crippen molar-refractivity contribution >= 4 is 17.2 Å². The molecule has 0 aliphatic carbocycles. The quantitative estimate of drug-likeness (QED) is 0.833. The molecule has 1 amide bonds. The first-order chi connectivity index (χ1) is 8.40. The number of carbonyl (C=O) groups is 1. The van der Waals surface area contributed by atoms with Crippen LogP contribution >= 0.6 is 11.3 Å². The highest BCUT2D eigenvalue weighted by atomic mass is 32.1. The molecule has 2 unspecified atom stereocenters. The van der Waals surface area contributed by atoms with E-state index < -0.39 is 5.60 Å².